The molecule has 0 spiro atoms. The van der Waals surface area contributed by atoms with Crippen LogP contribution in [0, 0.1) is 0 Å². The van der Waals surface area contributed by atoms with E-state index in [4.69, 9.17) is 4.42 Å². The number of rotatable bonds is 7. The molecule has 3 rings (SSSR count). The van der Waals surface area contributed by atoms with Gasteiger partial charge < -0.3 is 9.73 Å². The number of hydrogen-bond donors (Lipinski definition) is 2. The van der Waals surface area contributed by atoms with Crippen LogP contribution in [0.25, 0.3) is 11.0 Å². The van der Waals surface area contributed by atoms with Crippen molar-refractivity contribution in [1.82, 2.24) is 0 Å². The average molecular weight is 386 g/mol. The fourth-order valence-electron chi connectivity index (χ4n) is 2.77. The van der Waals surface area contributed by atoms with Crippen LogP contribution in [0.5, 0.6) is 0 Å². The summed E-state index contributed by atoms with van der Waals surface area (Å²) in [6.45, 7) is 4.57. The molecule has 0 fully saturated rings. The van der Waals surface area contributed by atoms with E-state index in [1.165, 1.54) is 12.1 Å². The molecule has 0 bridgehead atoms. The van der Waals surface area contributed by atoms with Crippen molar-refractivity contribution in [3.8, 4) is 0 Å². The van der Waals surface area contributed by atoms with Crippen molar-refractivity contribution < 1.29 is 12.8 Å². The summed E-state index contributed by atoms with van der Waals surface area (Å²) in [4.78, 5) is 12.6. The maximum Gasteiger partial charge on any atom is 0.363 e. The molecule has 0 radical (unpaired) electrons. The van der Waals surface area contributed by atoms with Gasteiger partial charge in [0.2, 0.25) is 0 Å². The van der Waals surface area contributed by atoms with E-state index in [0.717, 1.165) is 18.4 Å². The Morgan fingerprint density at radius 3 is 2.33 bits per heavy atom. The van der Waals surface area contributed by atoms with Crippen LogP contribution in [0.3, 0.4) is 0 Å². The van der Waals surface area contributed by atoms with Gasteiger partial charge in [-0.25, -0.2) is 13.2 Å². The molecule has 0 saturated heterocycles. The van der Waals surface area contributed by atoms with Gasteiger partial charge in [0.05, 0.1) is 10.6 Å². The van der Waals surface area contributed by atoms with Crippen LogP contribution in [0.4, 0.5) is 11.4 Å². The van der Waals surface area contributed by atoms with Gasteiger partial charge >= 0.3 is 5.63 Å². The molecule has 0 aliphatic rings. The van der Waals surface area contributed by atoms with Gasteiger partial charge in [0.15, 0.2) is 5.69 Å². The summed E-state index contributed by atoms with van der Waals surface area (Å²) in [6, 6.07) is 13.6. The number of hydrogen-bond acceptors (Lipinski definition) is 5. The Hall–Kier alpha value is -2.80. The van der Waals surface area contributed by atoms with Crippen LogP contribution in [0.15, 0.2) is 62.6 Å². The largest absolute Gasteiger partial charge is 0.421 e. The van der Waals surface area contributed by atoms with Crippen molar-refractivity contribution in [2.24, 2.45) is 0 Å². The minimum absolute atomic E-state index is 0.0914. The molecular formula is C20H22N2O4S. The molecule has 1 heterocycles. The number of anilines is 2. The topological polar surface area (TPSA) is 88.4 Å². The van der Waals surface area contributed by atoms with E-state index in [1.54, 1.807) is 36.4 Å². The van der Waals surface area contributed by atoms with Crippen LogP contribution < -0.4 is 15.7 Å². The standard InChI is InChI=1S/C20H22N2O4S/c1-3-13-21-18-16-7-5-6-8-17(16)26-20(23)19(18)22-27(24,25)15-11-9-14(4-2)10-12-15/h5-12,21-22H,3-4,13H2,1-2H3. The van der Waals surface area contributed by atoms with Crippen LogP contribution in [-0.2, 0) is 16.4 Å². The third-order valence-corrected chi connectivity index (χ3v) is 5.61. The lowest BCUT2D eigenvalue weighted by Gasteiger charge is -2.15. The minimum Gasteiger partial charge on any atom is -0.421 e. The first-order chi connectivity index (χ1) is 13.0. The zero-order chi connectivity index (χ0) is 19.4. The third-order valence-electron chi connectivity index (χ3n) is 4.24. The molecule has 2 aromatic carbocycles. The third kappa shape index (κ3) is 3.98. The molecule has 0 aliphatic carbocycles. The van der Waals surface area contributed by atoms with Crippen LogP contribution in [-0.4, -0.2) is 15.0 Å². The highest BCUT2D eigenvalue weighted by Crippen LogP contribution is 2.30. The fourth-order valence-corrected chi connectivity index (χ4v) is 3.84. The van der Waals surface area contributed by atoms with Gasteiger partial charge in [-0.1, -0.05) is 38.1 Å². The first kappa shape index (κ1) is 19.0. The molecular weight excluding hydrogens is 364 g/mol. The summed E-state index contributed by atoms with van der Waals surface area (Å²) in [5.74, 6) is 0. The zero-order valence-corrected chi connectivity index (χ0v) is 16.1. The Bertz CT molecular complexity index is 1100. The van der Waals surface area contributed by atoms with Gasteiger partial charge in [-0.3, -0.25) is 4.72 Å². The molecule has 0 atom stereocenters. The number of para-hydroxylation sites is 1. The highest BCUT2D eigenvalue weighted by molar-refractivity contribution is 7.92. The van der Waals surface area contributed by atoms with E-state index in [0.29, 0.717) is 23.2 Å². The molecule has 0 saturated carbocycles. The van der Waals surface area contributed by atoms with Gasteiger partial charge in [0.1, 0.15) is 5.58 Å². The van der Waals surface area contributed by atoms with Crippen LogP contribution in [0.1, 0.15) is 25.8 Å². The number of fused-ring (bicyclic) bond motifs is 1. The molecule has 7 heteroatoms. The number of benzene rings is 2. The van der Waals surface area contributed by atoms with E-state index in [2.05, 4.69) is 10.0 Å². The molecule has 142 valence electrons. The lowest BCUT2D eigenvalue weighted by molar-refractivity contribution is 0.563. The SMILES string of the molecule is CCCNc1c(NS(=O)(=O)c2ccc(CC)cc2)c(=O)oc2ccccc12. The Labute approximate surface area is 158 Å². The second-order valence-electron chi connectivity index (χ2n) is 6.17. The summed E-state index contributed by atoms with van der Waals surface area (Å²) in [6.07, 6.45) is 1.63. The minimum atomic E-state index is -3.93. The second kappa shape index (κ2) is 7.84. The number of nitrogens with one attached hydrogen (secondary N) is 2. The number of aryl methyl sites for hydroxylation is 1. The van der Waals surface area contributed by atoms with E-state index >= 15 is 0 Å². The first-order valence-electron chi connectivity index (χ1n) is 8.87. The van der Waals surface area contributed by atoms with Crippen molar-refractivity contribution in [3.05, 3.63) is 64.5 Å². The van der Waals surface area contributed by atoms with E-state index in [1.807, 2.05) is 13.8 Å². The van der Waals surface area contributed by atoms with Crippen molar-refractivity contribution in [2.45, 2.75) is 31.6 Å². The van der Waals surface area contributed by atoms with E-state index in [-0.39, 0.29) is 10.6 Å². The summed E-state index contributed by atoms with van der Waals surface area (Å²) in [7, 11) is -3.93. The van der Waals surface area contributed by atoms with Gasteiger partial charge in [-0.2, -0.15) is 0 Å². The summed E-state index contributed by atoms with van der Waals surface area (Å²) in [5, 5.41) is 3.80. The Morgan fingerprint density at radius 1 is 0.963 bits per heavy atom. The van der Waals surface area contributed by atoms with Crippen LogP contribution >= 0.6 is 0 Å². The maximum absolute atomic E-state index is 12.8. The molecule has 0 aliphatic heterocycles. The first-order valence-corrected chi connectivity index (χ1v) is 10.4. The summed E-state index contributed by atoms with van der Waals surface area (Å²) >= 11 is 0. The Morgan fingerprint density at radius 2 is 1.67 bits per heavy atom. The molecule has 0 unspecified atom stereocenters. The van der Waals surface area contributed by atoms with Gasteiger partial charge in [0.25, 0.3) is 10.0 Å². The average Bonchev–Trinajstić information content (AvgIpc) is 2.67. The quantitative estimate of drug-likeness (QED) is 0.600. The van der Waals surface area contributed by atoms with E-state index < -0.39 is 15.6 Å². The van der Waals surface area contributed by atoms with Crippen molar-refractivity contribution >= 4 is 32.4 Å². The fraction of sp³-hybridized carbons (Fsp3) is 0.250. The van der Waals surface area contributed by atoms with Gasteiger partial charge in [-0.05, 0) is 42.7 Å². The van der Waals surface area contributed by atoms with Gasteiger partial charge in [-0.15, -0.1) is 0 Å². The molecule has 27 heavy (non-hydrogen) atoms. The smallest absolute Gasteiger partial charge is 0.363 e. The van der Waals surface area contributed by atoms with Crippen molar-refractivity contribution in [1.29, 1.82) is 0 Å². The van der Waals surface area contributed by atoms with E-state index in [9.17, 15) is 13.2 Å². The molecule has 3 aromatic rings. The Balaban J connectivity index is 2.09. The second-order valence-corrected chi connectivity index (χ2v) is 7.85. The van der Waals surface area contributed by atoms with Crippen LogP contribution in [0.2, 0.25) is 0 Å². The highest BCUT2D eigenvalue weighted by Gasteiger charge is 2.21. The summed E-state index contributed by atoms with van der Waals surface area (Å²) in [5.41, 5.74) is 1.01. The van der Waals surface area contributed by atoms with Crippen molar-refractivity contribution in [3.63, 3.8) is 0 Å². The molecule has 1 aromatic heterocycles. The number of sulfonamides is 1. The summed E-state index contributed by atoms with van der Waals surface area (Å²) < 4.78 is 33.3. The monoisotopic (exact) mass is 386 g/mol. The predicted octanol–water partition coefficient (Wildman–Crippen LogP) is 3.98. The lowest BCUT2D eigenvalue weighted by atomic mass is 10.2. The molecule has 2 N–H and O–H groups in total. The van der Waals surface area contributed by atoms with Gasteiger partial charge in [0, 0.05) is 11.9 Å². The molecule has 0 amide bonds. The highest BCUT2D eigenvalue weighted by atomic mass is 32.2. The lowest BCUT2D eigenvalue weighted by Crippen LogP contribution is -2.21. The Kier molecular flexibility index (Phi) is 5.51. The van der Waals surface area contributed by atoms with Crippen molar-refractivity contribution in [2.75, 3.05) is 16.6 Å². The predicted molar refractivity (Wildman–Crippen MR) is 108 cm³/mol. The normalized spacial score (nSPS) is 11.5. The maximum atomic E-state index is 12.8. The zero-order valence-electron chi connectivity index (χ0n) is 15.3. The molecule has 6 nitrogen and oxygen atoms in total.